The molecular weight excluding hydrogens is 330 g/mol. The van der Waals surface area contributed by atoms with Crippen LogP contribution in [0.5, 0.6) is 5.75 Å². The summed E-state index contributed by atoms with van der Waals surface area (Å²) >= 11 is 0. The van der Waals surface area contributed by atoms with Gasteiger partial charge in [-0.2, -0.15) is 0 Å². The van der Waals surface area contributed by atoms with Gasteiger partial charge in [0.2, 0.25) is 0 Å². The second-order valence-electron chi connectivity index (χ2n) is 6.54. The van der Waals surface area contributed by atoms with Gasteiger partial charge in [0.15, 0.2) is 6.10 Å². The minimum absolute atomic E-state index is 0.0335. The van der Waals surface area contributed by atoms with E-state index in [2.05, 4.69) is 10.1 Å². The van der Waals surface area contributed by atoms with Crippen LogP contribution in [0.1, 0.15) is 18.1 Å². The maximum absolute atomic E-state index is 12.7. The van der Waals surface area contributed by atoms with Crippen LogP contribution in [0.3, 0.4) is 0 Å². The summed E-state index contributed by atoms with van der Waals surface area (Å²) < 4.78 is 0. The van der Waals surface area contributed by atoms with Crippen LogP contribution in [0.15, 0.2) is 59.8 Å². The van der Waals surface area contributed by atoms with Crippen molar-refractivity contribution in [3.8, 4) is 5.75 Å². The number of benzene rings is 2. The Morgan fingerprint density at radius 2 is 1.69 bits per heavy atom. The highest BCUT2D eigenvalue weighted by molar-refractivity contribution is 6.39. The molecule has 4 rings (SSSR count). The van der Waals surface area contributed by atoms with Gasteiger partial charge in [0.1, 0.15) is 11.5 Å². The molecule has 1 fully saturated rings. The van der Waals surface area contributed by atoms with Crippen LogP contribution in [0.2, 0.25) is 0 Å². The lowest BCUT2D eigenvalue weighted by molar-refractivity contribution is -0.124. The van der Waals surface area contributed by atoms with Crippen LogP contribution in [-0.4, -0.2) is 47.8 Å². The van der Waals surface area contributed by atoms with E-state index in [0.29, 0.717) is 25.2 Å². The zero-order chi connectivity index (χ0) is 17.9. The number of phenolic OH excluding ortho intramolecular Hbond substituents is 1. The van der Waals surface area contributed by atoms with Crippen molar-refractivity contribution in [3.05, 3.63) is 60.2 Å². The highest BCUT2D eigenvalue weighted by Crippen LogP contribution is 2.28. The third-order valence-corrected chi connectivity index (χ3v) is 4.87. The summed E-state index contributed by atoms with van der Waals surface area (Å²) in [6, 6.07) is 17.0. The number of anilines is 1. The first kappa shape index (κ1) is 16.4. The van der Waals surface area contributed by atoms with Crippen LogP contribution in [0, 0.1) is 0 Å². The molecule has 2 aliphatic rings. The Kier molecular flexibility index (Phi) is 4.48. The third-order valence-electron chi connectivity index (χ3n) is 4.87. The molecule has 26 heavy (non-hydrogen) atoms. The van der Waals surface area contributed by atoms with Gasteiger partial charge in [0.25, 0.3) is 5.91 Å². The standard InChI is InChI=1S/C20H21N3O3/c24-17-8-6-16(7-9-17)22-10-12-23(13-11-22)20(25)18-14-19(26-21-18)15-4-2-1-3-5-15/h1-9,19,24H,10-14H2/t19-/m1/s1. The largest absolute Gasteiger partial charge is 0.508 e. The van der Waals surface area contributed by atoms with Gasteiger partial charge in [-0.05, 0) is 29.8 Å². The zero-order valence-corrected chi connectivity index (χ0v) is 14.4. The van der Waals surface area contributed by atoms with Crippen LogP contribution in [-0.2, 0) is 9.63 Å². The molecule has 1 N–H and O–H groups in total. The first-order valence-corrected chi connectivity index (χ1v) is 8.81. The summed E-state index contributed by atoms with van der Waals surface area (Å²) in [5.74, 6) is 0.226. The Labute approximate surface area is 152 Å². The van der Waals surface area contributed by atoms with Crippen molar-refractivity contribution in [3.63, 3.8) is 0 Å². The van der Waals surface area contributed by atoms with Crippen molar-refractivity contribution < 1.29 is 14.7 Å². The van der Waals surface area contributed by atoms with E-state index in [1.165, 1.54) is 0 Å². The molecule has 0 aromatic heterocycles. The predicted molar refractivity (Wildman–Crippen MR) is 99.2 cm³/mol. The number of amides is 1. The second-order valence-corrected chi connectivity index (χ2v) is 6.54. The van der Waals surface area contributed by atoms with Gasteiger partial charge < -0.3 is 19.7 Å². The number of nitrogens with zero attached hydrogens (tertiary/aromatic N) is 3. The summed E-state index contributed by atoms with van der Waals surface area (Å²) in [6.45, 7) is 2.81. The fourth-order valence-electron chi connectivity index (χ4n) is 3.36. The van der Waals surface area contributed by atoms with E-state index in [9.17, 15) is 9.90 Å². The lowest BCUT2D eigenvalue weighted by atomic mass is 10.0. The molecule has 134 valence electrons. The Hall–Kier alpha value is -3.02. The SMILES string of the molecule is O=C(C1=NO[C@@H](c2ccccc2)C1)N1CCN(c2ccc(O)cc2)CC1. The molecular formula is C20H21N3O3. The molecule has 6 nitrogen and oxygen atoms in total. The Morgan fingerprint density at radius 3 is 2.38 bits per heavy atom. The van der Waals surface area contributed by atoms with E-state index in [4.69, 9.17) is 4.84 Å². The summed E-state index contributed by atoms with van der Waals surface area (Å²) in [4.78, 5) is 22.3. The fourth-order valence-corrected chi connectivity index (χ4v) is 3.36. The van der Waals surface area contributed by atoms with Gasteiger partial charge in [-0.1, -0.05) is 35.5 Å². The molecule has 1 saturated heterocycles. The van der Waals surface area contributed by atoms with E-state index in [1.54, 1.807) is 12.1 Å². The molecule has 1 amide bonds. The number of oxime groups is 1. The van der Waals surface area contributed by atoms with Gasteiger partial charge in [-0.15, -0.1) is 0 Å². The van der Waals surface area contributed by atoms with E-state index in [0.717, 1.165) is 24.3 Å². The van der Waals surface area contributed by atoms with E-state index < -0.39 is 0 Å². The van der Waals surface area contributed by atoms with Crippen molar-refractivity contribution in [2.24, 2.45) is 5.16 Å². The minimum atomic E-state index is -0.173. The van der Waals surface area contributed by atoms with Gasteiger partial charge in [-0.25, -0.2) is 0 Å². The van der Waals surface area contributed by atoms with Crippen molar-refractivity contribution in [1.29, 1.82) is 0 Å². The molecule has 2 aliphatic heterocycles. The summed E-state index contributed by atoms with van der Waals surface area (Å²) in [5, 5.41) is 13.4. The third kappa shape index (κ3) is 3.35. The van der Waals surface area contributed by atoms with Crippen molar-refractivity contribution in [1.82, 2.24) is 4.90 Å². The van der Waals surface area contributed by atoms with Gasteiger partial charge >= 0.3 is 0 Å². The molecule has 0 aliphatic carbocycles. The lowest BCUT2D eigenvalue weighted by Gasteiger charge is -2.36. The average Bonchev–Trinajstić information content (AvgIpc) is 3.19. The molecule has 0 saturated carbocycles. The Bertz CT molecular complexity index is 797. The molecule has 2 aromatic carbocycles. The second kappa shape index (κ2) is 7.07. The quantitative estimate of drug-likeness (QED) is 0.923. The summed E-state index contributed by atoms with van der Waals surface area (Å²) in [6.07, 6.45) is 0.342. The number of hydrogen-bond acceptors (Lipinski definition) is 5. The van der Waals surface area contributed by atoms with Gasteiger partial charge in [0.05, 0.1) is 0 Å². The van der Waals surface area contributed by atoms with Crippen molar-refractivity contribution >= 4 is 17.3 Å². The van der Waals surface area contributed by atoms with Crippen LogP contribution in [0.4, 0.5) is 5.69 Å². The van der Waals surface area contributed by atoms with E-state index in [-0.39, 0.29) is 17.8 Å². The molecule has 2 aromatic rings. The molecule has 0 spiro atoms. The lowest BCUT2D eigenvalue weighted by Crippen LogP contribution is -2.50. The molecule has 0 bridgehead atoms. The van der Waals surface area contributed by atoms with E-state index in [1.807, 2.05) is 47.4 Å². The maximum atomic E-state index is 12.7. The van der Waals surface area contributed by atoms with Gasteiger partial charge in [0, 0.05) is 38.3 Å². The molecule has 6 heteroatoms. The fraction of sp³-hybridized carbons (Fsp3) is 0.300. The number of piperazine rings is 1. The first-order chi connectivity index (χ1) is 12.7. The van der Waals surface area contributed by atoms with Crippen molar-refractivity contribution in [2.75, 3.05) is 31.1 Å². The summed E-state index contributed by atoms with van der Waals surface area (Å²) in [7, 11) is 0. The minimum Gasteiger partial charge on any atom is -0.508 e. The van der Waals surface area contributed by atoms with Crippen molar-refractivity contribution in [2.45, 2.75) is 12.5 Å². The summed E-state index contributed by atoms with van der Waals surface area (Å²) in [5.41, 5.74) is 2.59. The number of rotatable bonds is 3. The number of carbonyl (C=O) groups excluding carboxylic acids is 1. The molecule has 1 atom stereocenters. The Balaban J connectivity index is 1.33. The first-order valence-electron chi connectivity index (χ1n) is 8.81. The predicted octanol–water partition coefficient (Wildman–Crippen LogP) is 2.56. The molecule has 0 radical (unpaired) electrons. The van der Waals surface area contributed by atoms with Crippen LogP contribution in [0.25, 0.3) is 0 Å². The number of aromatic hydroxyl groups is 1. The normalized spacial score (nSPS) is 19.8. The zero-order valence-electron chi connectivity index (χ0n) is 14.4. The number of carbonyl (C=O) groups is 1. The van der Waals surface area contributed by atoms with E-state index >= 15 is 0 Å². The van der Waals surface area contributed by atoms with Crippen LogP contribution < -0.4 is 4.90 Å². The number of phenols is 1. The topological polar surface area (TPSA) is 65.4 Å². The highest BCUT2D eigenvalue weighted by Gasteiger charge is 2.31. The highest BCUT2D eigenvalue weighted by atomic mass is 16.6. The molecule has 0 unspecified atom stereocenters. The smallest absolute Gasteiger partial charge is 0.271 e. The van der Waals surface area contributed by atoms with Crippen LogP contribution >= 0.6 is 0 Å². The Morgan fingerprint density at radius 1 is 1.00 bits per heavy atom. The monoisotopic (exact) mass is 351 g/mol. The molecule has 2 heterocycles. The maximum Gasteiger partial charge on any atom is 0.271 e. The number of hydrogen-bond donors (Lipinski definition) is 1. The van der Waals surface area contributed by atoms with Gasteiger partial charge in [-0.3, -0.25) is 4.79 Å². The average molecular weight is 351 g/mol.